The van der Waals surface area contributed by atoms with Crippen molar-refractivity contribution in [2.45, 2.75) is 18.9 Å². The van der Waals surface area contributed by atoms with E-state index in [1.807, 2.05) is 54.9 Å². The molecule has 1 saturated heterocycles. The molecule has 1 fully saturated rings. The SMILES string of the molecule is CN(CCCc1cnn(C)c1)C(=O)[C@@H]1CSCN1C. The fourth-order valence-electron chi connectivity index (χ4n) is 2.27. The molecule has 106 valence electrons. The minimum absolute atomic E-state index is 0.0633. The van der Waals surface area contributed by atoms with Crippen LogP contribution in [0.15, 0.2) is 12.4 Å². The molecule has 1 aliphatic rings. The Morgan fingerprint density at radius 1 is 1.58 bits per heavy atom. The number of hydrogen-bond acceptors (Lipinski definition) is 4. The van der Waals surface area contributed by atoms with Crippen LogP contribution in [-0.2, 0) is 18.3 Å². The lowest BCUT2D eigenvalue weighted by atomic mass is 10.2. The molecule has 0 radical (unpaired) electrons. The maximum atomic E-state index is 12.3. The Morgan fingerprint density at radius 2 is 2.37 bits per heavy atom. The third-order valence-electron chi connectivity index (χ3n) is 3.48. The minimum atomic E-state index is 0.0633. The molecule has 1 atom stereocenters. The van der Waals surface area contributed by atoms with Crippen molar-refractivity contribution in [1.29, 1.82) is 0 Å². The molecule has 6 heteroatoms. The second-order valence-corrected chi connectivity index (χ2v) is 6.16. The Labute approximate surface area is 118 Å². The minimum Gasteiger partial charge on any atom is -0.344 e. The topological polar surface area (TPSA) is 41.4 Å². The Balaban J connectivity index is 1.74. The number of likely N-dealkylation sites (N-methyl/N-ethyl adjacent to an activating group) is 2. The van der Waals surface area contributed by atoms with E-state index in [0.29, 0.717) is 0 Å². The maximum absolute atomic E-state index is 12.3. The number of aromatic nitrogens is 2. The molecular weight excluding hydrogens is 260 g/mol. The summed E-state index contributed by atoms with van der Waals surface area (Å²) < 4.78 is 1.81. The van der Waals surface area contributed by atoms with Crippen LogP contribution >= 0.6 is 11.8 Å². The van der Waals surface area contributed by atoms with Crippen LogP contribution in [0.2, 0.25) is 0 Å². The van der Waals surface area contributed by atoms with E-state index in [9.17, 15) is 4.79 Å². The van der Waals surface area contributed by atoms with Gasteiger partial charge in [-0.1, -0.05) is 0 Å². The van der Waals surface area contributed by atoms with E-state index in [-0.39, 0.29) is 11.9 Å². The smallest absolute Gasteiger partial charge is 0.240 e. The molecule has 0 unspecified atom stereocenters. The Morgan fingerprint density at radius 3 is 2.95 bits per heavy atom. The quantitative estimate of drug-likeness (QED) is 0.802. The second kappa shape index (κ2) is 6.43. The van der Waals surface area contributed by atoms with Crippen LogP contribution in [0, 0.1) is 0 Å². The lowest BCUT2D eigenvalue weighted by molar-refractivity contribution is -0.133. The van der Waals surface area contributed by atoms with Crippen LogP contribution in [-0.4, -0.2) is 63.8 Å². The largest absolute Gasteiger partial charge is 0.344 e. The molecule has 0 aromatic carbocycles. The van der Waals surface area contributed by atoms with Crippen LogP contribution in [0.4, 0.5) is 0 Å². The highest BCUT2D eigenvalue weighted by atomic mass is 32.2. The van der Waals surface area contributed by atoms with Gasteiger partial charge in [-0.15, -0.1) is 11.8 Å². The van der Waals surface area contributed by atoms with Crippen LogP contribution in [0.3, 0.4) is 0 Å². The van der Waals surface area contributed by atoms with Crippen LogP contribution in [0.5, 0.6) is 0 Å². The van der Waals surface area contributed by atoms with Crippen molar-refractivity contribution in [2.75, 3.05) is 32.3 Å². The van der Waals surface area contributed by atoms with Gasteiger partial charge in [0.15, 0.2) is 0 Å². The summed E-state index contributed by atoms with van der Waals surface area (Å²) in [6.07, 6.45) is 5.88. The number of aryl methyl sites for hydroxylation is 2. The van der Waals surface area contributed by atoms with Crippen LogP contribution < -0.4 is 0 Å². The molecule has 2 heterocycles. The van der Waals surface area contributed by atoms with Gasteiger partial charge in [-0.25, -0.2) is 0 Å². The van der Waals surface area contributed by atoms with Crippen molar-refractivity contribution in [3.8, 4) is 0 Å². The molecule has 0 N–H and O–H groups in total. The first kappa shape index (κ1) is 14.4. The van der Waals surface area contributed by atoms with Gasteiger partial charge in [-0.2, -0.15) is 5.10 Å². The molecule has 2 rings (SSSR count). The average Bonchev–Trinajstić information content (AvgIpc) is 2.97. The lowest BCUT2D eigenvalue weighted by Gasteiger charge is -2.24. The van der Waals surface area contributed by atoms with Gasteiger partial charge in [-0.05, 0) is 25.5 Å². The van der Waals surface area contributed by atoms with E-state index < -0.39 is 0 Å². The van der Waals surface area contributed by atoms with Gasteiger partial charge in [0, 0.05) is 38.5 Å². The highest BCUT2D eigenvalue weighted by Gasteiger charge is 2.30. The molecule has 0 saturated carbocycles. The molecule has 1 aromatic heterocycles. The molecule has 1 aromatic rings. The van der Waals surface area contributed by atoms with Gasteiger partial charge in [0.2, 0.25) is 5.91 Å². The van der Waals surface area contributed by atoms with Gasteiger partial charge in [0.05, 0.1) is 12.2 Å². The second-order valence-electron chi connectivity index (χ2n) is 5.16. The molecule has 0 aliphatic carbocycles. The summed E-state index contributed by atoms with van der Waals surface area (Å²) in [5.41, 5.74) is 1.23. The predicted molar refractivity (Wildman–Crippen MR) is 78.0 cm³/mol. The highest BCUT2D eigenvalue weighted by molar-refractivity contribution is 7.99. The lowest BCUT2D eigenvalue weighted by Crippen LogP contribution is -2.44. The zero-order valence-corrected chi connectivity index (χ0v) is 12.7. The highest BCUT2D eigenvalue weighted by Crippen LogP contribution is 2.20. The number of carbonyl (C=O) groups excluding carboxylic acids is 1. The summed E-state index contributed by atoms with van der Waals surface area (Å²) >= 11 is 1.83. The van der Waals surface area contributed by atoms with E-state index in [4.69, 9.17) is 0 Å². The summed E-state index contributed by atoms with van der Waals surface area (Å²) in [7, 11) is 5.85. The van der Waals surface area contributed by atoms with E-state index >= 15 is 0 Å². The summed E-state index contributed by atoms with van der Waals surface area (Å²) in [5.74, 6) is 2.13. The predicted octanol–water partition coefficient (Wildman–Crippen LogP) is 0.816. The van der Waals surface area contributed by atoms with Gasteiger partial charge in [0.25, 0.3) is 0 Å². The molecule has 5 nitrogen and oxygen atoms in total. The van der Waals surface area contributed by atoms with Gasteiger partial charge in [0.1, 0.15) is 0 Å². The fourth-order valence-corrected chi connectivity index (χ4v) is 3.46. The van der Waals surface area contributed by atoms with Gasteiger partial charge < -0.3 is 4.90 Å². The summed E-state index contributed by atoms with van der Waals surface area (Å²) in [6.45, 7) is 0.808. The maximum Gasteiger partial charge on any atom is 0.240 e. The Bertz CT molecular complexity index is 434. The first-order valence-corrected chi connectivity index (χ1v) is 7.74. The number of nitrogens with zero attached hydrogens (tertiary/aromatic N) is 4. The first-order valence-electron chi connectivity index (χ1n) is 6.58. The summed E-state index contributed by atoms with van der Waals surface area (Å²) in [5, 5.41) is 4.15. The zero-order valence-electron chi connectivity index (χ0n) is 11.9. The van der Waals surface area contributed by atoms with Crippen molar-refractivity contribution in [3.05, 3.63) is 18.0 Å². The normalized spacial score (nSPS) is 19.8. The molecule has 19 heavy (non-hydrogen) atoms. The van der Waals surface area contributed by atoms with Crippen molar-refractivity contribution in [3.63, 3.8) is 0 Å². The van der Waals surface area contributed by atoms with Gasteiger partial charge >= 0.3 is 0 Å². The third-order valence-corrected chi connectivity index (χ3v) is 4.62. The fraction of sp³-hybridized carbons (Fsp3) is 0.692. The third kappa shape index (κ3) is 3.73. The molecule has 0 bridgehead atoms. The number of thioether (sulfide) groups is 1. The number of hydrogen-bond donors (Lipinski definition) is 0. The van der Waals surface area contributed by atoms with E-state index in [0.717, 1.165) is 31.0 Å². The average molecular weight is 282 g/mol. The standard InChI is InChI=1S/C13H22N4OS/c1-15(13(18)12-9-19-10-16(12)2)6-4-5-11-7-14-17(3)8-11/h7-8,12H,4-6,9-10H2,1-3H3/t12-/m0/s1. The van der Waals surface area contributed by atoms with Crippen molar-refractivity contribution < 1.29 is 4.79 Å². The zero-order chi connectivity index (χ0) is 13.8. The monoisotopic (exact) mass is 282 g/mol. The first-order chi connectivity index (χ1) is 9.08. The Hall–Kier alpha value is -1.01. The summed E-state index contributed by atoms with van der Waals surface area (Å²) in [6, 6.07) is 0.0633. The Kier molecular flexibility index (Phi) is 4.87. The van der Waals surface area contributed by atoms with Crippen LogP contribution in [0.25, 0.3) is 0 Å². The van der Waals surface area contributed by atoms with E-state index in [1.54, 1.807) is 0 Å². The molecular formula is C13H22N4OS. The van der Waals surface area contributed by atoms with E-state index in [1.165, 1.54) is 5.56 Å². The number of rotatable bonds is 5. The van der Waals surface area contributed by atoms with Gasteiger partial charge in [-0.3, -0.25) is 14.4 Å². The number of carbonyl (C=O) groups is 1. The molecule has 1 aliphatic heterocycles. The molecule has 0 spiro atoms. The van der Waals surface area contributed by atoms with Crippen molar-refractivity contribution in [1.82, 2.24) is 19.6 Å². The number of amides is 1. The van der Waals surface area contributed by atoms with Crippen molar-refractivity contribution in [2.24, 2.45) is 7.05 Å². The van der Waals surface area contributed by atoms with E-state index in [2.05, 4.69) is 10.00 Å². The van der Waals surface area contributed by atoms with Crippen LogP contribution in [0.1, 0.15) is 12.0 Å². The van der Waals surface area contributed by atoms with Crippen molar-refractivity contribution >= 4 is 17.7 Å². The molecule has 1 amide bonds. The summed E-state index contributed by atoms with van der Waals surface area (Å²) in [4.78, 5) is 16.3.